The van der Waals surface area contributed by atoms with Gasteiger partial charge in [0.15, 0.2) is 0 Å². The fourth-order valence-electron chi connectivity index (χ4n) is 1.79. The largest absolute Gasteiger partial charge is 0.324 e. The molecular weight excluding hydrogens is 408 g/mol. The molecule has 0 saturated carbocycles. The Labute approximate surface area is 128 Å². The summed E-state index contributed by atoms with van der Waals surface area (Å²) in [6.45, 7) is 0. The molecule has 1 atom stereocenters. The van der Waals surface area contributed by atoms with E-state index in [2.05, 4.69) is 62.8 Å². The summed E-state index contributed by atoms with van der Waals surface area (Å²) in [7, 11) is 0. The molecule has 0 aliphatic carbocycles. The molecule has 0 saturated heterocycles. The summed E-state index contributed by atoms with van der Waals surface area (Å²) in [5.74, 6) is -0.257. The van der Waals surface area contributed by atoms with Crippen LogP contribution in [-0.4, -0.2) is 0 Å². The lowest BCUT2D eigenvalue weighted by Gasteiger charge is -2.14. The van der Waals surface area contributed by atoms with Crippen LogP contribution in [0, 0.1) is 9.39 Å². The maximum atomic E-state index is 13.0. The maximum Gasteiger partial charge on any atom is 0.124 e. The molecule has 0 fully saturated rings. The van der Waals surface area contributed by atoms with Crippen LogP contribution in [-0.2, 0) is 6.42 Å². The summed E-state index contributed by atoms with van der Waals surface area (Å²) < 4.78 is 14.9. The Morgan fingerprint density at radius 2 is 1.83 bits per heavy atom. The number of rotatable bonds is 3. The van der Waals surface area contributed by atoms with Crippen LogP contribution in [0.3, 0.4) is 0 Å². The van der Waals surface area contributed by atoms with Crippen molar-refractivity contribution in [2.45, 2.75) is 12.5 Å². The SMILES string of the molecule is NC(Cc1ccc(I)cc1)c1ccc(F)cc1Br. The first-order chi connectivity index (χ1) is 8.56. The van der Waals surface area contributed by atoms with E-state index in [1.165, 1.54) is 21.3 Å². The standard InChI is InChI=1S/C14H12BrFIN/c15-13-8-10(16)3-6-12(13)14(18)7-9-1-4-11(17)5-2-9/h1-6,8,14H,7,18H2. The van der Waals surface area contributed by atoms with Gasteiger partial charge in [0, 0.05) is 14.1 Å². The molecule has 1 unspecified atom stereocenters. The molecule has 1 nitrogen and oxygen atoms in total. The van der Waals surface area contributed by atoms with Crippen molar-refractivity contribution in [3.63, 3.8) is 0 Å². The summed E-state index contributed by atoms with van der Waals surface area (Å²) in [5.41, 5.74) is 8.27. The molecule has 0 spiro atoms. The summed E-state index contributed by atoms with van der Waals surface area (Å²) in [6, 6.07) is 12.7. The van der Waals surface area contributed by atoms with Gasteiger partial charge in [0.25, 0.3) is 0 Å². The molecule has 0 heterocycles. The van der Waals surface area contributed by atoms with Crippen LogP contribution >= 0.6 is 38.5 Å². The fraction of sp³-hybridized carbons (Fsp3) is 0.143. The van der Waals surface area contributed by atoms with Gasteiger partial charge in [0.1, 0.15) is 5.82 Å². The molecule has 94 valence electrons. The highest BCUT2D eigenvalue weighted by molar-refractivity contribution is 14.1. The van der Waals surface area contributed by atoms with Gasteiger partial charge in [-0.25, -0.2) is 4.39 Å². The zero-order valence-electron chi connectivity index (χ0n) is 9.54. The lowest BCUT2D eigenvalue weighted by Crippen LogP contribution is -2.14. The first-order valence-electron chi connectivity index (χ1n) is 5.51. The molecular formula is C14H12BrFIN. The molecule has 0 aliphatic heterocycles. The highest BCUT2D eigenvalue weighted by Gasteiger charge is 2.11. The Hall–Kier alpha value is -0.460. The van der Waals surface area contributed by atoms with Gasteiger partial charge in [-0.3, -0.25) is 0 Å². The van der Waals surface area contributed by atoms with Crippen LogP contribution in [0.2, 0.25) is 0 Å². The Morgan fingerprint density at radius 3 is 2.44 bits per heavy atom. The van der Waals surface area contributed by atoms with Crippen molar-refractivity contribution in [1.29, 1.82) is 0 Å². The zero-order chi connectivity index (χ0) is 13.1. The Balaban J connectivity index is 2.16. The van der Waals surface area contributed by atoms with Gasteiger partial charge in [-0.15, -0.1) is 0 Å². The fourth-order valence-corrected chi connectivity index (χ4v) is 2.79. The van der Waals surface area contributed by atoms with E-state index in [-0.39, 0.29) is 11.9 Å². The summed E-state index contributed by atoms with van der Waals surface area (Å²) in [4.78, 5) is 0. The maximum absolute atomic E-state index is 13.0. The summed E-state index contributed by atoms with van der Waals surface area (Å²) in [5, 5.41) is 0. The number of halogens is 3. The van der Waals surface area contributed by atoms with Crippen molar-refractivity contribution < 1.29 is 4.39 Å². The number of hydrogen-bond acceptors (Lipinski definition) is 1. The van der Waals surface area contributed by atoms with Crippen LogP contribution in [0.1, 0.15) is 17.2 Å². The molecule has 18 heavy (non-hydrogen) atoms. The Kier molecular flexibility index (Phi) is 4.75. The van der Waals surface area contributed by atoms with E-state index in [1.807, 2.05) is 0 Å². The third kappa shape index (κ3) is 3.52. The van der Waals surface area contributed by atoms with Gasteiger partial charge in [0.05, 0.1) is 0 Å². The Morgan fingerprint density at radius 1 is 1.17 bits per heavy atom. The minimum atomic E-state index is -0.257. The second kappa shape index (κ2) is 6.12. The predicted molar refractivity (Wildman–Crippen MR) is 83.9 cm³/mol. The molecule has 4 heteroatoms. The first kappa shape index (κ1) is 14.0. The van der Waals surface area contributed by atoms with Crippen molar-refractivity contribution in [2.75, 3.05) is 0 Å². The Bertz CT molecular complexity index is 542. The molecule has 0 radical (unpaired) electrons. The molecule has 2 rings (SSSR count). The quantitative estimate of drug-likeness (QED) is 0.731. The summed E-state index contributed by atoms with van der Waals surface area (Å²) >= 11 is 5.62. The normalized spacial score (nSPS) is 12.4. The van der Waals surface area contributed by atoms with Crippen molar-refractivity contribution in [1.82, 2.24) is 0 Å². The van der Waals surface area contributed by atoms with Gasteiger partial charge in [0.2, 0.25) is 0 Å². The zero-order valence-corrected chi connectivity index (χ0v) is 13.3. The molecule has 0 amide bonds. The van der Waals surface area contributed by atoms with Crippen molar-refractivity contribution in [2.24, 2.45) is 5.73 Å². The van der Waals surface area contributed by atoms with E-state index < -0.39 is 0 Å². The third-order valence-electron chi connectivity index (χ3n) is 2.73. The van der Waals surface area contributed by atoms with Crippen molar-refractivity contribution >= 4 is 38.5 Å². The minimum absolute atomic E-state index is 0.139. The lowest BCUT2D eigenvalue weighted by molar-refractivity contribution is 0.623. The van der Waals surface area contributed by atoms with E-state index in [1.54, 1.807) is 6.07 Å². The molecule has 0 bridgehead atoms. The predicted octanol–water partition coefficient (Wildman–Crippen LogP) is 4.44. The molecule has 0 aliphatic rings. The van der Waals surface area contributed by atoms with Gasteiger partial charge in [-0.2, -0.15) is 0 Å². The van der Waals surface area contributed by atoms with Gasteiger partial charge in [-0.05, 0) is 64.4 Å². The van der Waals surface area contributed by atoms with Crippen LogP contribution in [0.25, 0.3) is 0 Å². The second-order valence-corrected chi connectivity index (χ2v) is 6.20. The third-order valence-corrected chi connectivity index (χ3v) is 4.14. The average molecular weight is 420 g/mol. The lowest BCUT2D eigenvalue weighted by atomic mass is 10.00. The average Bonchev–Trinajstić information content (AvgIpc) is 2.32. The van der Waals surface area contributed by atoms with Crippen LogP contribution in [0.5, 0.6) is 0 Å². The second-order valence-electron chi connectivity index (χ2n) is 4.10. The number of benzene rings is 2. The van der Waals surface area contributed by atoms with E-state index in [0.29, 0.717) is 0 Å². The van der Waals surface area contributed by atoms with Crippen LogP contribution < -0.4 is 5.73 Å². The highest BCUT2D eigenvalue weighted by atomic mass is 127. The number of nitrogens with two attached hydrogens (primary N) is 1. The highest BCUT2D eigenvalue weighted by Crippen LogP contribution is 2.25. The van der Waals surface area contributed by atoms with Gasteiger partial charge < -0.3 is 5.73 Å². The smallest absolute Gasteiger partial charge is 0.124 e. The van der Waals surface area contributed by atoms with E-state index in [0.717, 1.165) is 16.5 Å². The van der Waals surface area contributed by atoms with Gasteiger partial charge in [-0.1, -0.05) is 34.1 Å². The van der Waals surface area contributed by atoms with E-state index >= 15 is 0 Å². The molecule has 2 aromatic rings. The monoisotopic (exact) mass is 419 g/mol. The van der Waals surface area contributed by atoms with Gasteiger partial charge >= 0.3 is 0 Å². The molecule has 0 aromatic heterocycles. The summed E-state index contributed by atoms with van der Waals surface area (Å²) in [6.07, 6.45) is 0.737. The number of hydrogen-bond donors (Lipinski definition) is 1. The first-order valence-corrected chi connectivity index (χ1v) is 7.38. The molecule has 2 aromatic carbocycles. The van der Waals surface area contributed by atoms with E-state index in [9.17, 15) is 4.39 Å². The van der Waals surface area contributed by atoms with Crippen molar-refractivity contribution in [3.8, 4) is 0 Å². The van der Waals surface area contributed by atoms with E-state index in [4.69, 9.17) is 5.73 Å². The minimum Gasteiger partial charge on any atom is -0.324 e. The van der Waals surface area contributed by atoms with Crippen LogP contribution in [0.4, 0.5) is 4.39 Å². The molecule has 2 N–H and O–H groups in total. The topological polar surface area (TPSA) is 26.0 Å². The van der Waals surface area contributed by atoms with Crippen LogP contribution in [0.15, 0.2) is 46.9 Å². The van der Waals surface area contributed by atoms with Crippen molar-refractivity contribution in [3.05, 3.63) is 67.5 Å².